The summed E-state index contributed by atoms with van der Waals surface area (Å²) in [6.07, 6.45) is 0. The van der Waals surface area contributed by atoms with Crippen molar-refractivity contribution in [2.75, 3.05) is 0 Å². The molecule has 0 aliphatic carbocycles. The third kappa shape index (κ3) is 3.08. The number of ether oxygens (including phenoxy) is 1. The summed E-state index contributed by atoms with van der Waals surface area (Å²) in [5, 5.41) is 3.77. The Labute approximate surface area is 113 Å². The second-order valence-electron chi connectivity index (χ2n) is 3.99. The SMILES string of the molecule is Cc1nc(COc2ccc(Br)cc2[C@@H](C)N)no1. The largest absolute Gasteiger partial charge is 0.485 e. The summed E-state index contributed by atoms with van der Waals surface area (Å²) in [6.45, 7) is 3.91. The molecule has 2 rings (SSSR count). The molecule has 0 bridgehead atoms. The molecule has 6 heteroatoms. The molecule has 2 N–H and O–H groups in total. The van der Waals surface area contributed by atoms with Crippen molar-refractivity contribution in [2.24, 2.45) is 5.73 Å². The standard InChI is InChI=1S/C12H14BrN3O2/c1-7(14)10-5-9(13)3-4-11(10)17-6-12-15-8(2)18-16-12/h3-5,7H,6,14H2,1-2H3/t7-/m1/s1. The predicted molar refractivity (Wildman–Crippen MR) is 70.1 cm³/mol. The van der Waals surface area contributed by atoms with Gasteiger partial charge in [0.05, 0.1) is 0 Å². The highest BCUT2D eigenvalue weighted by Gasteiger charge is 2.10. The van der Waals surface area contributed by atoms with Crippen molar-refractivity contribution in [3.63, 3.8) is 0 Å². The Hall–Kier alpha value is -1.40. The van der Waals surface area contributed by atoms with E-state index in [0.29, 0.717) is 11.7 Å². The van der Waals surface area contributed by atoms with Crippen LogP contribution < -0.4 is 10.5 Å². The average Bonchev–Trinajstić information content (AvgIpc) is 2.73. The van der Waals surface area contributed by atoms with E-state index in [-0.39, 0.29) is 12.6 Å². The van der Waals surface area contributed by atoms with E-state index in [2.05, 4.69) is 26.1 Å². The number of aryl methyl sites for hydroxylation is 1. The first-order chi connectivity index (χ1) is 8.56. The number of nitrogens with two attached hydrogens (primary N) is 1. The second-order valence-corrected chi connectivity index (χ2v) is 4.90. The lowest BCUT2D eigenvalue weighted by Gasteiger charge is -2.13. The van der Waals surface area contributed by atoms with Crippen molar-refractivity contribution in [1.29, 1.82) is 0 Å². The zero-order chi connectivity index (χ0) is 13.1. The van der Waals surface area contributed by atoms with Gasteiger partial charge in [0.1, 0.15) is 5.75 Å². The van der Waals surface area contributed by atoms with Gasteiger partial charge in [-0.25, -0.2) is 0 Å². The van der Waals surface area contributed by atoms with Crippen LogP contribution in [0.25, 0.3) is 0 Å². The Morgan fingerprint density at radius 1 is 1.50 bits per heavy atom. The molecule has 2 aromatic rings. The molecular formula is C12H14BrN3O2. The van der Waals surface area contributed by atoms with Crippen molar-refractivity contribution in [3.05, 3.63) is 40.0 Å². The number of rotatable bonds is 4. The maximum atomic E-state index is 5.91. The van der Waals surface area contributed by atoms with Gasteiger partial charge in [-0.3, -0.25) is 0 Å². The minimum absolute atomic E-state index is 0.107. The topological polar surface area (TPSA) is 74.2 Å². The van der Waals surface area contributed by atoms with E-state index < -0.39 is 0 Å². The monoisotopic (exact) mass is 311 g/mol. The lowest BCUT2D eigenvalue weighted by Crippen LogP contribution is -2.08. The molecule has 1 atom stereocenters. The van der Waals surface area contributed by atoms with Gasteiger partial charge in [0.15, 0.2) is 6.61 Å². The van der Waals surface area contributed by atoms with Gasteiger partial charge < -0.3 is 15.0 Å². The number of aromatic nitrogens is 2. The molecule has 0 aliphatic rings. The van der Waals surface area contributed by atoms with Crippen LogP contribution in [0, 0.1) is 6.92 Å². The summed E-state index contributed by atoms with van der Waals surface area (Å²) >= 11 is 3.41. The van der Waals surface area contributed by atoms with Gasteiger partial charge in [0, 0.05) is 23.0 Å². The van der Waals surface area contributed by atoms with Gasteiger partial charge in [0.2, 0.25) is 11.7 Å². The normalized spacial score (nSPS) is 12.4. The van der Waals surface area contributed by atoms with E-state index >= 15 is 0 Å². The van der Waals surface area contributed by atoms with Gasteiger partial charge >= 0.3 is 0 Å². The van der Waals surface area contributed by atoms with Crippen LogP contribution in [0.15, 0.2) is 27.2 Å². The van der Waals surface area contributed by atoms with E-state index in [1.807, 2.05) is 25.1 Å². The fourth-order valence-electron chi connectivity index (χ4n) is 1.55. The van der Waals surface area contributed by atoms with E-state index in [9.17, 15) is 0 Å². The Bertz CT molecular complexity index is 540. The molecule has 0 unspecified atom stereocenters. The fraction of sp³-hybridized carbons (Fsp3) is 0.333. The molecule has 0 radical (unpaired) electrons. The minimum Gasteiger partial charge on any atom is -0.485 e. The van der Waals surface area contributed by atoms with Crippen LogP contribution in [-0.4, -0.2) is 10.1 Å². The van der Waals surface area contributed by atoms with Crippen molar-refractivity contribution in [3.8, 4) is 5.75 Å². The Balaban J connectivity index is 2.13. The molecule has 1 heterocycles. The van der Waals surface area contributed by atoms with Gasteiger partial charge in [-0.2, -0.15) is 4.98 Å². The molecule has 1 aromatic heterocycles. The Morgan fingerprint density at radius 2 is 2.28 bits per heavy atom. The number of hydrogen-bond acceptors (Lipinski definition) is 5. The van der Waals surface area contributed by atoms with Crippen LogP contribution in [0.1, 0.15) is 30.2 Å². The van der Waals surface area contributed by atoms with E-state index in [4.69, 9.17) is 15.0 Å². The van der Waals surface area contributed by atoms with Crippen molar-refractivity contribution >= 4 is 15.9 Å². The van der Waals surface area contributed by atoms with Crippen LogP contribution in [0.4, 0.5) is 0 Å². The minimum atomic E-state index is -0.107. The molecular weight excluding hydrogens is 298 g/mol. The lowest BCUT2D eigenvalue weighted by atomic mass is 10.1. The van der Waals surface area contributed by atoms with Gasteiger partial charge in [0.25, 0.3) is 0 Å². The first kappa shape index (κ1) is 13.0. The quantitative estimate of drug-likeness (QED) is 0.939. The summed E-state index contributed by atoms with van der Waals surface area (Å²) in [7, 11) is 0. The van der Waals surface area contributed by atoms with E-state index in [0.717, 1.165) is 15.8 Å². The lowest BCUT2D eigenvalue weighted by molar-refractivity contribution is 0.282. The molecule has 0 saturated heterocycles. The summed E-state index contributed by atoms with van der Waals surface area (Å²) < 4.78 is 11.5. The number of nitrogens with zero attached hydrogens (tertiary/aromatic N) is 2. The maximum Gasteiger partial charge on any atom is 0.223 e. The number of hydrogen-bond donors (Lipinski definition) is 1. The highest BCUT2D eigenvalue weighted by atomic mass is 79.9. The van der Waals surface area contributed by atoms with Gasteiger partial charge in [-0.1, -0.05) is 21.1 Å². The fourth-order valence-corrected chi connectivity index (χ4v) is 1.93. The molecule has 0 amide bonds. The van der Waals surface area contributed by atoms with E-state index in [1.165, 1.54) is 0 Å². The molecule has 0 spiro atoms. The second kappa shape index (κ2) is 5.49. The van der Waals surface area contributed by atoms with E-state index in [1.54, 1.807) is 6.92 Å². The first-order valence-electron chi connectivity index (χ1n) is 5.53. The number of benzene rings is 1. The molecule has 96 valence electrons. The van der Waals surface area contributed by atoms with Crippen molar-refractivity contribution in [1.82, 2.24) is 10.1 Å². The summed E-state index contributed by atoms with van der Waals surface area (Å²) in [5.41, 5.74) is 6.84. The van der Waals surface area contributed by atoms with Crippen molar-refractivity contribution in [2.45, 2.75) is 26.5 Å². The maximum absolute atomic E-state index is 5.91. The van der Waals surface area contributed by atoms with Gasteiger partial charge in [-0.15, -0.1) is 0 Å². The third-order valence-corrected chi connectivity index (χ3v) is 2.88. The van der Waals surface area contributed by atoms with Crippen LogP contribution >= 0.6 is 15.9 Å². The molecule has 1 aromatic carbocycles. The zero-order valence-corrected chi connectivity index (χ0v) is 11.8. The smallest absolute Gasteiger partial charge is 0.223 e. The average molecular weight is 312 g/mol. The first-order valence-corrected chi connectivity index (χ1v) is 6.32. The summed E-state index contributed by atoms with van der Waals surface area (Å²) in [6, 6.07) is 5.62. The van der Waals surface area contributed by atoms with Crippen molar-refractivity contribution < 1.29 is 9.26 Å². The molecule has 0 fully saturated rings. The van der Waals surface area contributed by atoms with Crippen LogP contribution in [0.3, 0.4) is 0 Å². The Kier molecular flexibility index (Phi) is 3.98. The zero-order valence-electron chi connectivity index (χ0n) is 10.2. The highest BCUT2D eigenvalue weighted by Crippen LogP contribution is 2.27. The van der Waals surface area contributed by atoms with Gasteiger partial charge in [-0.05, 0) is 25.1 Å². The molecule has 18 heavy (non-hydrogen) atoms. The molecule has 0 aliphatic heterocycles. The van der Waals surface area contributed by atoms with Crippen LogP contribution in [-0.2, 0) is 6.61 Å². The van der Waals surface area contributed by atoms with Crippen LogP contribution in [0.2, 0.25) is 0 Å². The predicted octanol–water partition coefficient (Wildman–Crippen LogP) is 2.74. The molecule has 0 saturated carbocycles. The third-order valence-electron chi connectivity index (χ3n) is 2.39. The van der Waals surface area contributed by atoms with Crippen LogP contribution in [0.5, 0.6) is 5.75 Å². The summed E-state index contributed by atoms with van der Waals surface area (Å²) in [5.74, 6) is 1.78. The summed E-state index contributed by atoms with van der Waals surface area (Å²) in [4.78, 5) is 4.07. The molecule has 5 nitrogen and oxygen atoms in total. The number of halogens is 1. The Morgan fingerprint density at radius 3 is 2.89 bits per heavy atom. The highest BCUT2D eigenvalue weighted by molar-refractivity contribution is 9.10.